The molecule has 0 aromatic heterocycles. The fourth-order valence-electron chi connectivity index (χ4n) is 2.24. The Kier molecular flexibility index (Phi) is 4.74. The minimum absolute atomic E-state index is 0.586. The summed E-state index contributed by atoms with van der Waals surface area (Å²) in [6, 6.07) is 0.586. The lowest BCUT2D eigenvalue weighted by atomic mass is 9.92. The molecule has 1 fully saturated rings. The molecule has 2 heteroatoms. The van der Waals surface area contributed by atoms with Crippen molar-refractivity contribution < 1.29 is 0 Å². The summed E-state index contributed by atoms with van der Waals surface area (Å²) in [6.07, 6.45) is 5.54. The van der Waals surface area contributed by atoms with Crippen molar-refractivity contribution in [2.24, 2.45) is 11.7 Å². The van der Waals surface area contributed by atoms with Crippen LogP contribution in [0.4, 0.5) is 0 Å². The quantitative estimate of drug-likeness (QED) is 0.722. The van der Waals surface area contributed by atoms with Gasteiger partial charge in [-0.1, -0.05) is 19.8 Å². The number of likely N-dealkylation sites (tertiary alicyclic amines) is 1. The van der Waals surface area contributed by atoms with Crippen molar-refractivity contribution in [2.45, 2.75) is 45.6 Å². The Hall–Kier alpha value is -0.0800. The molecule has 1 saturated heterocycles. The zero-order valence-electron chi connectivity index (χ0n) is 9.13. The maximum Gasteiger partial charge on any atom is 0.0190 e. The first-order valence-electron chi connectivity index (χ1n) is 5.72. The summed E-state index contributed by atoms with van der Waals surface area (Å²) in [4.78, 5) is 2.53. The van der Waals surface area contributed by atoms with Crippen molar-refractivity contribution in [3.8, 4) is 0 Å². The number of hydrogen-bond acceptors (Lipinski definition) is 2. The summed E-state index contributed by atoms with van der Waals surface area (Å²) in [5.74, 6) is 0.992. The van der Waals surface area contributed by atoms with E-state index in [1.54, 1.807) is 0 Å². The third kappa shape index (κ3) is 3.28. The van der Waals surface area contributed by atoms with Gasteiger partial charge in [0.15, 0.2) is 0 Å². The lowest BCUT2D eigenvalue weighted by Crippen LogP contribution is -2.43. The van der Waals surface area contributed by atoms with Gasteiger partial charge in [0.05, 0.1) is 0 Å². The molecule has 1 heterocycles. The second-order valence-electron chi connectivity index (χ2n) is 4.35. The zero-order chi connectivity index (χ0) is 9.68. The van der Waals surface area contributed by atoms with Crippen LogP contribution in [0.1, 0.15) is 39.5 Å². The van der Waals surface area contributed by atoms with Crippen LogP contribution < -0.4 is 5.73 Å². The highest BCUT2D eigenvalue weighted by Crippen LogP contribution is 2.22. The van der Waals surface area contributed by atoms with Gasteiger partial charge in [0.25, 0.3) is 0 Å². The third-order valence-corrected chi connectivity index (χ3v) is 3.31. The van der Waals surface area contributed by atoms with Crippen LogP contribution in [0, 0.1) is 5.92 Å². The van der Waals surface area contributed by atoms with Crippen LogP contribution in [0.15, 0.2) is 0 Å². The molecular weight excluding hydrogens is 160 g/mol. The van der Waals surface area contributed by atoms with E-state index >= 15 is 0 Å². The minimum atomic E-state index is 0.586. The van der Waals surface area contributed by atoms with Crippen LogP contribution in [-0.4, -0.2) is 30.6 Å². The lowest BCUT2D eigenvalue weighted by molar-refractivity contribution is 0.140. The Bertz CT molecular complexity index is 128. The van der Waals surface area contributed by atoms with Crippen molar-refractivity contribution in [1.29, 1.82) is 0 Å². The molecule has 1 unspecified atom stereocenters. The van der Waals surface area contributed by atoms with Crippen LogP contribution in [0.5, 0.6) is 0 Å². The van der Waals surface area contributed by atoms with E-state index in [-0.39, 0.29) is 0 Å². The predicted molar refractivity (Wildman–Crippen MR) is 57.7 cm³/mol. The first-order chi connectivity index (χ1) is 6.27. The van der Waals surface area contributed by atoms with E-state index in [0.29, 0.717) is 6.04 Å². The molecule has 78 valence electrons. The van der Waals surface area contributed by atoms with Crippen molar-refractivity contribution in [3.63, 3.8) is 0 Å². The lowest BCUT2D eigenvalue weighted by Gasteiger charge is -2.35. The van der Waals surface area contributed by atoms with Crippen LogP contribution in [-0.2, 0) is 0 Å². The Labute approximate surface area is 82.5 Å². The summed E-state index contributed by atoms with van der Waals surface area (Å²) >= 11 is 0. The SMILES string of the molecule is CCCC1CCN(C(C)CN)CC1. The van der Waals surface area contributed by atoms with E-state index in [9.17, 15) is 0 Å². The molecule has 0 aromatic carbocycles. The van der Waals surface area contributed by atoms with Gasteiger partial charge in [0.1, 0.15) is 0 Å². The first kappa shape index (κ1) is 11.0. The number of nitrogens with zero attached hydrogens (tertiary/aromatic N) is 1. The molecule has 1 rings (SSSR count). The van der Waals surface area contributed by atoms with E-state index in [1.807, 2.05) is 0 Å². The van der Waals surface area contributed by atoms with Crippen molar-refractivity contribution in [3.05, 3.63) is 0 Å². The summed E-state index contributed by atoms with van der Waals surface area (Å²) < 4.78 is 0. The van der Waals surface area contributed by atoms with Gasteiger partial charge in [-0.25, -0.2) is 0 Å². The number of rotatable bonds is 4. The van der Waals surface area contributed by atoms with E-state index < -0.39 is 0 Å². The van der Waals surface area contributed by atoms with Gasteiger partial charge < -0.3 is 5.73 Å². The number of hydrogen-bond donors (Lipinski definition) is 1. The van der Waals surface area contributed by atoms with Crippen LogP contribution in [0.25, 0.3) is 0 Å². The molecule has 13 heavy (non-hydrogen) atoms. The second-order valence-corrected chi connectivity index (χ2v) is 4.35. The Morgan fingerprint density at radius 3 is 2.46 bits per heavy atom. The minimum Gasteiger partial charge on any atom is -0.329 e. The molecule has 0 aliphatic carbocycles. The maximum atomic E-state index is 5.65. The molecule has 0 saturated carbocycles. The van der Waals surface area contributed by atoms with Crippen molar-refractivity contribution >= 4 is 0 Å². The van der Waals surface area contributed by atoms with Crippen LogP contribution >= 0.6 is 0 Å². The van der Waals surface area contributed by atoms with Crippen LogP contribution in [0.2, 0.25) is 0 Å². The van der Waals surface area contributed by atoms with Crippen LogP contribution in [0.3, 0.4) is 0 Å². The van der Waals surface area contributed by atoms with E-state index in [4.69, 9.17) is 5.73 Å². The highest BCUT2D eigenvalue weighted by Gasteiger charge is 2.20. The molecule has 1 aliphatic heterocycles. The highest BCUT2D eigenvalue weighted by atomic mass is 15.2. The molecule has 1 aliphatic rings. The fourth-order valence-corrected chi connectivity index (χ4v) is 2.24. The molecule has 0 amide bonds. The molecular formula is C11H24N2. The zero-order valence-corrected chi connectivity index (χ0v) is 9.13. The van der Waals surface area contributed by atoms with Gasteiger partial charge in [-0.15, -0.1) is 0 Å². The standard InChI is InChI=1S/C11H24N2/c1-3-4-11-5-7-13(8-6-11)10(2)9-12/h10-11H,3-9,12H2,1-2H3. The Balaban J connectivity index is 2.22. The maximum absolute atomic E-state index is 5.65. The topological polar surface area (TPSA) is 29.3 Å². The first-order valence-corrected chi connectivity index (χ1v) is 5.72. The van der Waals surface area contributed by atoms with Crippen molar-refractivity contribution in [2.75, 3.05) is 19.6 Å². The van der Waals surface area contributed by atoms with Gasteiger partial charge in [0, 0.05) is 12.6 Å². The monoisotopic (exact) mass is 184 g/mol. The predicted octanol–water partition coefficient (Wildman–Crippen LogP) is 1.85. The molecule has 0 radical (unpaired) electrons. The molecule has 1 atom stereocenters. The second kappa shape index (κ2) is 5.61. The molecule has 0 spiro atoms. The van der Waals surface area contributed by atoms with Gasteiger partial charge >= 0.3 is 0 Å². The molecule has 2 N–H and O–H groups in total. The smallest absolute Gasteiger partial charge is 0.0190 e. The van der Waals surface area contributed by atoms with E-state index in [2.05, 4.69) is 18.7 Å². The number of nitrogens with two attached hydrogens (primary N) is 1. The van der Waals surface area contributed by atoms with Crippen molar-refractivity contribution in [1.82, 2.24) is 4.90 Å². The molecule has 0 bridgehead atoms. The third-order valence-electron chi connectivity index (χ3n) is 3.31. The molecule has 0 aromatic rings. The van der Waals surface area contributed by atoms with Gasteiger partial charge in [-0.2, -0.15) is 0 Å². The van der Waals surface area contributed by atoms with E-state index in [1.165, 1.54) is 38.8 Å². The average molecular weight is 184 g/mol. The summed E-state index contributed by atoms with van der Waals surface area (Å²) in [5, 5.41) is 0. The summed E-state index contributed by atoms with van der Waals surface area (Å²) in [5.41, 5.74) is 5.65. The Morgan fingerprint density at radius 2 is 2.00 bits per heavy atom. The average Bonchev–Trinajstić information content (AvgIpc) is 2.18. The highest BCUT2D eigenvalue weighted by molar-refractivity contribution is 4.76. The summed E-state index contributed by atoms with van der Waals surface area (Å²) in [7, 11) is 0. The largest absolute Gasteiger partial charge is 0.329 e. The van der Waals surface area contributed by atoms with Gasteiger partial charge in [0.2, 0.25) is 0 Å². The summed E-state index contributed by atoms with van der Waals surface area (Å²) in [6.45, 7) is 7.86. The van der Waals surface area contributed by atoms with Gasteiger partial charge in [-0.05, 0) is 38.8 Å². The van der Waals surface area contributed by atoms with E-state index in [0.717, 1.165) is 12.5 Å². The van der Waals surface area contributed by atoms with Gasteiger partial charge in [-0.3, -0.25) is 4.90 Å². The Morgan fingerprint density at radius 1 is 1.38 bits per heavy atom. The fraction of sp³-hybridized carbons (Fsp3) is 1.00. The molecule has 2 nitrogen and oxygen atoms in total. The number of piperidine rings is 1. The normalized spacial score (nSPS) is 23.3.